The molecule has 0 amide bonds. The molecule has 2 aliphatic carbocycles. The van der Waals surface area contributed by atoms with Gasteiger partial charge < -0.3 is 18.9 Å². The minimum atomic E-state index is 0.293. The van der Waals surface area contributed by atoms with E-state index in [0.29, 0.717) is 37.3 Å². The molecule has 0 bridgehead atoms. The zero-order chi connectivity index (χ0) is 15.6. The summed E-state index contributed by atoms with van der Waals surface area (Å²) in [4.78, 5) is 0. The number of allylic oxidation sites excluding steroid dienone is 3. The Kier molecular flexibility index (Phi) is 4.63. The Balaban J connectivity index is 1.43. The lowest BCUT2D eigenvalue weighted by molar-refractivity contribution is 0.0844. The highest BCUT2D eigenvalue weighted by molar-refractivity contribution is 5.20. The van der Waals surface area contributed by atoms with E-state index in [2.05, 4.69) is 6.58 Å². The molecule has 0 aromatic carbocycles. The molecule has 4 unspecified atom stereocenters. The van der Waals surface area contributed by atoms with Crippen molar-refractivity contribution in [2.75, 3.05) is 26.4 Å². The highest BCUT2D eigenvalue weighted by atomic mass is 16.6. The highest BCUT2D eigenvalue weighted by Gasteiger charge is 2.36. The summed E-state index contributed by atoms with van der Waals surface area (Å²) in [5.41, 5.74) is 1.53. The minimum Gasteiger partial charge on any atom is -0.495 e. The maximum atomic E-state index is 6.26. The molecule has 2 saturated heterocycles. The molecule has 4 fully saturated rings. The molecule has 23 heavy (non-hydrogen) atoms. The maximum absolute atomic E-state index is 6.26. The molecule has 2 heterocycles. The fourth-order valence-electron chi connectivity index (χ4n) is 3.72. The molecule has 4 rings (SSSR count). The molecule has 0 aromatic heterocycles. The largest absolute Gasteiger partial charge is 0.495 e. The van der Waals surface area contributed by atoms with Gasteiger partial charge in [0.2, 0.25) is 0 Å². The van der Waals surface area contributed by atoms with E-state index in [4.69, 9.17) is 18.9 Å². The van der Waals surface area contributed by atoms with E-state index in [1.54, 1.807) is 0 Å². The highest BCUT2D eigenvalue weighted by Crippen LogP contribution is 2.44. The summed E-state index contributed by atoms with van der Waals surface area (Å²) in [7, 11) is 0. The summed E-state index contributed by atoms with van der Waals surface area (Å²) in [5, 5.41) is 0. The van der Waals surface area contributed by atoms with E-state index in [1.807, 2.05) is 0 Å². The molecular weight excluding hydrogens is 292 g/mol. The molecule has 2 aliphatic heterocycles. The first-order valence-corrected chi connectivity index (χ1v) is 9.21. The van der Waals surface area contributed by atoms with E-state index in [1.165, 1.54) is 49.9 Å². The fraction of sp³-hybridized carbons (Fsp3) is 0.789. The van der Waals surface area contributed by atoms with Crippen LogP contribution in [0.2, 0.25) is 0 Å². The van der Waals surface area contributed by atoms with Crippen molar-refractivity contribution in [3.8, 4) is 0 Å². The van der Waals surface area contributed by atoms with Crippen LogP contribution in [-0.2, 0) is 18.9 Å². The van der Waals surface area contributed by atoms with E-state index < -0.39 is 0 Å². The number of hydrogen-bond donors (Lipinski definition) is 0. The van der Waals surface area contributed by atoms with Crippen LogP contribution in [0.15, 0.2) is 23.7 Å². The van der Waals surface area contributed by atoms with Crippen molar-refractivity contribution in [1.29, 1.82) is 0 Å². The number of ether oxygens (including phenoxy) is 4. The lowest BCUT2D eigenvalue weighted by Gasteiger charge is -2.36. The smallest absolute Gasteiger partial charge is 0.116 e. The van der Waals surface area contributed by atoms with Crippen LogP contribution >= 0.6 is 0 Å². The van der Waals surface area contributed by atoms with Crippen molar-refractivity contribution in [2.45, 2.75) is 57.2 Å². The van der Waals surface area contributed by atoms with Crippen molar-refractivity contribution < 1.29 is 18.9 Å². The number of rotatable bonds is 8. The molecule has 4 nitrogen and oxygen atoms in total. The molecule has 0 radical (unpaired) electrons. The van der Waals surface area contributed by atoms with Crippen LogP contribution in [-0.4, -0.2) is 38.6 Å². The van der Waals surface area contributed by atoms with Gasteiger partial charge in [-0.1, -0.05) is 19.4 Å². The molecule has 4 aliphatic rings. The SMILES string of the molecule is C=C(OCC1CO1)C1CCCCC1C(OCC1CO1)=C1CCC1. The van der Waals surface area contributed by atoms with Crippen molar-refractivity contribution in [3.63, 3.8) is 0 Å². The summed E-state index contributed by atoms with van der Waals surface area (Å²) in [6.07, 6.45) is 9.21. The summed E-state index contributed by atoms with van der Waals surface area (Å²) >= 11 is 0. The summed E-state index contributed by atoms with van der Waals surface area (Å²) in [6, 6.07) is 0. The van der Waals surface area contributed by atoms with Crippen molar-refractivity contribution in [1.82, 2.24) is 0 Å². The van der Waals surface area contributed by atoms with E-state index in [0.717, 1.165) is 25.4 Å². The zero-order valence-corrected chi connectivity index (χ0v) is 13.9. The van der Waals surface area contributed by atoms with Crippen molar-refractivity contribution in [2.24, 2.45) is 11.8 Å². The van der Waals surface area contributed by atoms with E-state index >= 15 is 0 Å². The van der Waals surface area contributed by atoms with Gasteiger partial charge >= 0.3 is 0 Å². The standard InChI is InChI=1S/C19H28O4/c1-13(20-9-15-10-21-15)17-7-2-3-8-18(17)19(14-5-4-6-14)23-12-16-11-22-16/h15-18H,1-12H2. The average molecular weight is 320 g/mol. The van der Waals surface area contributed by atoms with Gasteiger partial charge in [-0.2, -0.15) is 0 Å². The quantitative estimate of drug-likeness (QED) is 0.506. The Bertz CT molecular complexity index is 470. The van der Waals surface area contributed by atoms with Gasteiger partial charge in [-0.05, 0) is 37.7 Å². The van der Waals surface area contributed by atoms with Crippen LogP contribution in [0.3, 0.4) is 0 Å². The van der Waals surface area contributed by atoms with Gasteiger partial charge in [0.15, 0.2) is 0 Å². The molecule has 0 spiro atoms. The summed E-state index contributed by atoms with van der Waals surface area (Å²) in [6.45, 7) is 7.30. The minimum absolute atomic E-state index is 0.293. The van der Waals surface area contributed by atoms with Crippen LogP contribution in [0.5, 0.6) is 0 Å². The van der Waals surface area contributed by atoms with Gasteiger partial charge in [0.1, 0.15) is 25.4 Å². The van der Waals surface area contributed by atoms with Gasteiger partial charge in [-0.3, -0.25) is 0 Å². The monoisotopic (exact) mass is 320 g/mol. The molecule has 4 heteroatoms. The number of epoxide rings is 2. The zero-order valence-electron chi connectivity index (χ0n) is 13.9. The molecule has 128 valence electrons. The third-order valence-corrected chi connectivity index (χ3v) is 5.51. The van der Waals surface area contributed by atoms with Crippen LogP contribution in [0, 0.1) is 11.8 Å². The lowest BCUT2D eigenvalue weighted by Crippen LogP contribution is -2.28. The predicted octanol–water partition coefficient (Wildman–Crippen LogP) is 3.58. The molecule has 2 saturated carbocycles. The van der Waals surface area contributed by atoms with Crippen molar-refractivity contribution >= 4 is 0 Å². The van der Waals surface area contributed by atoms with E-state index in [-0.39, 0.29) is 0 Å². The summed E-state index contributed by atoms with van der Waals surface area (Å²) < 4.78 is 22.8. The number of hydrogen-bond acceptors (Lipinski definition) is 4. The Morgan fingerprint density at radius 2 is 1.52 bits per heavy atom. The molecule has 0 aromatic rings. The van der Waals surface area contributed by atoms with Crippen LogP contribution in [0.1, 0.15) is 44.9 Å². The Labute approximate surface area is 138 Å². The lowest BCUT2D eigenvalue weighted by atomic mass is 9.74. The van der Waals surface area contributed by atoms with Crippen molar-refractivity contribution in [3.05, 3.63) is 23.7 Å². The second-order valence-corrected chi connectivity index (χ2v) is 7.32. The van der Waals surface area contributed by atoms with Gasteiger partial charge in [-0.15, -0.1) is 0 Å². The second kappa shape index (κ2) is 6.86. The van der Waals surface area contributed by atoms with Gasteiger partial charge in [0.05, 0.1) is 24.7 Å². The van der Waals surface area contributed by atoms with Gasteiger partial charge in [-0.25, -0.2) is 0 Å². The molecular formula is C19H28O4. The first-order valence-electron chi connectivity index (χ1n) is 9.21. The topological polar surface area (TPSA) is 43.5 Å². The predicted molar refractivity (Wildman–Crippen MR) is 86.8 cm³/mol. The Morgan fingerprint density at radius 3 is 2.09 bits per heavy atom. The van der Waals surface area contributed by atoms with Crippen LogP contribution < -0.4 is 0 Å². The first kappa shape index (κ1) is 15.5. The summed E-state index contributed by atoms with van der Waals surface area (Å²) in [5.74, 6) is 3.04. The second-order valence-electron chi connectivity index (χ2n) is 7.32. The Morgan fingerprint density at radius 1 is 0.913 bits per heavy atom. The van der Waals surface area contributed by atoms with E-state index in [9.17, 15) is 0 Å². The molecule has 0 N–H and O–H groups in total. The van der Waals surface area contributed by atoms with Crippen LogP contribution in [0.25, 0.3) is 0 Å². The van der Waals surface area contributed by atoms with Gasteiger partial charge in [0.25, 0.3) is 0 Å². The fourth-order valence-corrected chi connectivity index (χ4v) is 3.72. The average Bonchev–Trinajstić information content (AvgIpc) is 3.41. The molecule has 4 atom stereocenters. The third-order valence-electron chi connectivity index (χ3n) is 5.51. The third kappa shape index (κ3) is 3.92. The first-order chi connectivity index (χ1) is 11.3. The maximum Gasteiger partial charge on any atom is 0.116 e. The normalized spacial score (nSPS) is 35.2. The van der Waals surface area contributed by atoms with Crippen LogP contribution in [0.4, 0.5) is 0 Å². The Hall–Kier alpha value is -1.00. The van der Waals surface area contributed by atoms with Gasteiger partial charge in [0, 0.05) is 11.8 Å².